The lowest BCUT2D eigenvalue weighted by molar-refractivity contribution is -0.123. The van der Waals surface area contributed by atoms with E-state index in [2.05, 4.69) is 10.6 Å². The molecule has 1 amide bonds. The van der Waals surface area contributed by atoms with Crippen molar-refractivity contribution >= 4 is 15.7 Å². The number of nitrogens with one attached hydrogen (secondary N) is 2. The molecule has 2 N–H and O–H groups in total. The van der Waals surface area contributed by atoms with E-state index in [4.69, 9.17) is 0 Å². The maximum absolute atomic E-state index is 12.2. The number of hydrogen-bond donors (Lipinski definition) is 2. The second-order valence-corrected chi connectivity index (χ2v) is 7.43. The van der Waals surface area contributed by atoms with Gasteiger partial charge in [-0.05, 0) is 37.4 Å². The van der Waals surface area contributed by atoms with Crippen LogP contribution in [0, 0.1) is 0 Å². The first-order valence-electron chi connectivity index (χ1n) is 6.93. The number of benzene rings is 1. The summed E-state index contributed by atoms with van der Waals surface area (Å²) in [4.78, 5) is 12.5. The standard InChI is InChI=1S/C14H18N2O3S/c17-14(12-5-3-8-15-12)16-11-7-9-20(18,19)13-6-2-1-4-10(11)13/h1-2,4,6,11-12,15H,3,5,7-9H2,(H,16,17). The van der Waals surface area contributed by atoms with Crippen LogP contribution in [-0.4, -0.2) is 32.7 Å². The Morgan fingerprint density at radius 2 is 2.05 bits per heavy atom. The predicted octanol–water partition coefficient (Wildman–Crippen LogP) is 0.773. The van der Waals surface area contributed by atoms with Crippen LogP contribution in [0.15, 0.2) is 29.2 Å². The molecule has 3 rings (SSSR count). The van der Waals surface area contributed by atoms with E-state index in [1.807, 2.05) is 6.07 Å². The van der Waals surface area contributed by atoms with E-state index in [1.54, 1.807) is 18.2 Å². The van der Waals surface area contributed by atoms with Gasteiger partial charge in [-0.3, -0.25) is 4.79 Å². The summed E-state index contributed by atoms with van der Waals surface area (Å²) in [5.74, 6) is 0.0640. The van der Waals surface area contributed by atoms with Crippen LogP contribution in [0.2, 0.25) is 0 Å². The maximum Gasteiger partial charge on any atom is 0.237 e. The van der Waals surface area contributed by atoms with E-state index in [0.29, 0.717) is 16.9 Å². The highest BCUT2D eigenvalue weighted by atomic mass is 32.2. The molecule has 0 spiro atoms. The predicted molar refractivity (Wildman–Crippen MR) is 75.0 cm³/mol. The molecule has 1 aromatic rings. The van der Waals surface area contributed by atoms with Crippen molar-refractivity contribution in [1.82, 2.24) is 10.6 Å². The number of rotatable bonds is 2. The molecule has 2 unspecified atom stereocenters. The Morgan fingerprint density at radius 1 is 1.25 bits per heavy atom. The highest BCUT2D eigenvalue weighted by molar-refractivity contribution is 7.91. The first-order chi connectivity index (χ1) is 9.58. The summed E-state index contributed by atoms with van der Waals surface area (Å²) in [5, 5.41) is 6.14. The zero-order valence-electron chi connectivity index (χ0n) is 11.1. The molecule has 6 heteroatoms. The van der Waals surface area contributed by atoms with Gasteiger partial charge in [0.1, 0.15) is 0 Å². The van der Waals surface area contributed by atoms with Crippen molar-refractivity contribution in [3.63, 3.8) is 0 Å². The zero-order valence-corrected chi connectivity index (χ0v) is 11.9. The maximum atomic E-state index is 12.2. The molecule has 2 heterocycles. The average molecular weight is 294 g/mol. The summed E-state index contributed by atoms with van der Waals surface area (Å²) >= 11 is 0. The van der Waals surface area contributed by atoms with E-state index in [-0.39, 0.29) is 23.7 Å². The topological polar surface area (TPSA) is 75.3 Å². The molecule has 20 heavy (non-hydrogen) atoms. The lowest BCUT2D eigenvalue weighted by Gasteiger charge is -2.27. The molecule has 1 fully saturated rings. The highest BCUT2D eigenvalue weighted by Crippen LogP contribution is 2.31. The van der Waals surface area contributed by atoms with E-state index >= 15 is 0 Å². The van der Waals surface area contributed by atoms with Gasteiger partial charge in [0, 0.05) is 0 Å². The van der Waals surface area contributed by atoms with E-state index in [0.717, 1.165) is 19.4 Å². The number of carbonyl (C=O) groups excluding carboxylic acids is 1. The minimum absolute atomic E-state index is 0.0263. The van der Waals surface area contributed by atoms with Crippen LogP contribution >= 0.6 is 0 Å². The molecular weight excluding hydrogens is 276 g/mol. The second-order valence-electron chi connectivity index (χ2n) is 5.36. The minimum Gasteiger partial charge on any atom is -0.348 e. The Kier molecular flexibility index (Phi) is 3.52. The molecule has 2 atom stereocenters. The van der Waals surface area contributed by atoms with Crippen LogP contribution in [0.5, 0.6) is 0 Å². The van der Waals surface area contributed by atoms with Crippen molar-refractivity contribution < 1.29 is 13.2 Å². The van der Waals surface area contributed by atoms with Crippen LogP contribution in [0.4, 0.5) is 0 Å². The smallest absolute Gasteiger partial charge is 0.237 e. The van der Waals surface area contributed by atoms with Gasteiger partial charge in [0.2, 0.25) is 5.91 Å². The van der Waals surface area contributed by atoms with Gasteiger partial charge < -0.3 is 10.6 Å². The second kappa shape index (κ2) is 5.18. The van der Waals surface area contributed by atoms with Crippen molar-refractivity contribution in [2.24, 2.45) is 0 Å². The zero-order chi connectivity index (χ0) is 14.2. The van der Waals surface area contributed by atoms with Gasteiger partial charge in [-0.2, -0.15) is 0 Å². The summed E-state index contributed by atoms with van der Waals surface area (Å²) in [7, 11) is -3.20. The van der Waals surface area contributed by atoms with Crippen LogP contribution < -0.4 is 10.6 Å². The van der Waals surface area contributed by atoms with Crippen molar-refractivity contribution in [2.75, 3.05) is 12.3 Å². The highest BCUT2D eigenvalue weighted by Gasteiger charge is 2.32. The molecule has 2 aliphatic heterocycles. The Bertz CT molecular complexity index is 621. The molecule has 0 aromatic heterocycles. The Hall–Kier alpha value is -1.40. The van der Waals surface area contributed by atoms with Gasteiger partial charge in [-0.1, -0.05) is 18.2 Å². The largest absolute Gasteiger partial charge is 0.348 e. The molecule has 0 saturated carbocycles. The van der Waals surface area contributed by atoms with Gasteiger partial charge in [-0.25, -0.2) is 8.42 Å². The summed E-state index contributed by atoms with van der Waals surface area (Å²) in [5.41, 5.74) is 0.713. The number of hydrogen-bond acceptors (Lipinski definition) is 4. The number of carbonyl (C=O) groups is 1. The third-order valence-corrected chi connectivity index (χ3v) is 5.81. The van der Waals surface area contributed by atoms with Crippen LogP contribution in [0.25, 0.3) is 0 Å². The lowest BCUT2D eigenvalue weighted by Crippen LogP contribution is -2.43. The molecule has 0 bridgehead atoms. The molecule has 0 radical (unpaired) electrons. The first-order valence-corrected chi connectivity index (χ1v) is 8.58. The molecular formula is C14H18N2O3S. The number of sulfone groups is 1. The minimum atomic E-state index is -3.20. The van der Waals surface area contributed by atoms with Crippen LogP contribution in [0.3, 0.4) is 0 Å². The average Bonchev–Trinajstić information content (AvgIpc) is 2.96. The normalized spacial score (nSPS) is 27.8. The molecule has 5 nitrogen and oxygen atoms in total. The quantitative estimate of drug-likeness (QED) is 0.845. The van der Waals surface area contributed by atoms with Crippen molar-refractivity contribution in [3.05, 3.63) is 29.8 Å². The number of amides is 1. The number of fused-ring (bicyclic) bond motifs is 1. The van der Waals surface area contributed by atoms with Crippen molar-refractivity contribution in [1.29, 1.82) is 0 Å². The van der Waals surface area contributed by atoms with E-state index in [9.17, 15) is 13.2 Å². The van der Waals surface area contributed by atoms with Crippen molar-refractivity contribution in [3.8, 4) is 0 Å². The van der Waals surface area contributed by atoms with E-state index < -0.39 is 9.84 Å². The Balaban J connectivity index is 1.83. The van der Waals surface area contributed by atoms with Crippen LogP contribution in [-0.2, 0) is 14.6 Å². The monoisotopic (exact) mass is 294 g/mol. The van der Waals surface area contributed by atoms with Gasteiger partial charge in [0.15, 0.2) is 9.84 Å². The molecule has 108 valence electrons. The summed E-state index contributed by atoms with van der Waals surface area (Å²) < 4.78 is 24.1. The van der Waals surface area contributed by atoms with E-state index in [1.165, 1.54) is 0 Å². The molecule has 0 aliphatic carbocycles. The molecule has 1 aromatic carbocycles. The summed E-state index contributed by atoms with van der Waals surface area (Å²) in [6.07, 6.45) is 2.30. The van der Waals surface area contributed by atoms with Gasteiger partial charge in [-0.15, -0.1) is 0 Å². The SMILES string of the molecule is O=C(NC1CCS(=O)(=O)c2ccccc21)C1CCCN1. The fourth-order valence-electron chi connectivity index (χ4n) is 2.92. The van der Waals surface area contributed by atoms with Crippen molar-refractivity contribution in [2.45, 2.75) is 36.2 Å². The summed E-state index contributed by atoms with van der Waals surface area (Å²) in [6.45, 7) is 0.869. The third-order valence-electron chi connectivity index (χ3n) is 4.00. The molecule has 1 saturated heterocycles. The van der Waals surface area contributed by atoms with Gasteiger partial charge in [0.05, 0.1) is 22.7 Å². The van der Waals surface area contributed by atoms with Gasteiger partial charge >= 0.3 is 0 Å². The Labute approximate surface area is 118 Å². The van der Waals surface area contributed by atoms with Crippen LogP contribution in [0.1, 0.15) is 30.9 Å². The fraction of sp³-hybridized carbons (Fsp3) is 0.500. The fourth-order valence-corrected chi connectivity index (χ4v) is 4.54. The van der Waals surface area contributed by atoms with Gasteiger partial charge in [0.25, 0.3) is 0 Å². The Morgan fingerprint density at radius 3 is 2.80 bits per heavy atom. The lowest BCUT2D eigenvalue weighted by atomic mass is 10.0. The third kappa shape index (κ3) is 2.45. The molecule has 2 aliphatic rings. The summed E-state index contributed by atoms with van der Waals surface area (Å²) in [6, 6.07) is 6.60. The first kappa shape index (κ1) is 13.6.